The SMILES string of the molecule is CC1=C(CCC(=O)NCc2ccccc2)C2=C(C)C3(CC3)[C@@](C)(O)C(=O)C2=C1. The molecule has 1 amide bonds. The molecule has 1 fully saturated rings. The zero-order valence-corrected chi connectivity index (χ0v) is 16.8. The van der Waals surface area contributed by atoms with Crippen LogP contribution in [0.1, 0.15) is 52.0 Å². The van der Waals surface area contributed by atoms with E-state index in [9.17, 15) is 14.7 Å². The molecule has 0 radical (unpaired) electrons. The Morgan fingerprint density at radius 1 is 1.18 bits per heavy atom. The van der Waals surface area contributed by atoms with Crippen LogP contribution in [0.4, 0.5) is 0 Å². The van der Waals surface area contributed by atoms with E-state index in [0.29, 0.717) is 25.0 Å². The number of fused-ring (bicyclic) bond motifs is 1. The zero-order chi connectivity index (χ0) is 20.1. The van der Waals surface area contributed by atoms with Crippen molar-refractivity contribution in [3.63, 3.8) is 0 Å². The summed E-state index contributed by atoms with van der Waals surface area (Å²) in [4.78, 5) is 25.3. The van der Waals surface area contributed by atoms with Crippen molar-refractivity contribution in [2.75, 3.05) is 0 Å². The highest BCUT2D eigenvalue weighted by Crippen LogP contribution is 2.65. The van der Waals surface area contributed by atoms with E-state index in [1.54, 1.807) is 6.92 Å². The number of carbonyl (C=O) groups is 2. The Kier molecular flexibility index (Phi) is 4.42. The molecule has 4 heteroatoms. The first-order chi connectivity index (χ1) is 13.3. The molecular formula is C24H27NO3. The van der Waals surface area contributed by atoms with E-state index >= 15 is 0 Å². The summed E-state index contributed by atoms with van der Waals surface area (Å²) in [6, 6.07) is 9.85. The number of carbonyl (C=O) groups excluding carboxylic acids is 2. The number of allylic oxidation sites excluding steroid dienone is 4. The highest BCUT2D eigenvalue weighted by molar-refractivity contribution is 6.10. The summed E-state index contributed by atoms with van der Waals surface area (Å²) >= 11 is 0. The first-order valence-electron chi connectivity index (χ1n) is 9.99. The van der Waals surface area contributed by atoms with E-state index < -0.39 is 11.0 Å². The van der Waals surface area contributed by atoms with Gasteiger partial charge in [0.25, 0.3) is 0 Å². The summed E-state index contributed by atoms with van der Waals surface area (Å²) < 4.78 is 0. The molecule has 0 unspecified atom stereocenters. The van der Waals surface area contributed by atoms with Gasteiger partial charge in [-0.05, 0) is 68.4 Å². The van der Waals surface area contributed by atoms with Crippen molar-refractivity contribution in [1.82, 2.24) is 5.32 Å². The van der Waals surface area contributed by atoms with Gasteiger partial charge in [-0.3, -0.25) is 9.59 Å². The predicted molar refractivity (Wildman–Crippen MR) is 108 cm³/mol. The fourth-order valence-electron chi connectivity index (χ4n) is 4.86. The van der Waals surface area contributed by atoms with Gasteiger partial charge in [-0.15, -0.1) is 0 Å². The van der Waals surface area contributed by atoms with Crippen LogP contribution in [0.3, 0.4) is 0 Å². The van der Waals surface area contributed by atoms with Gasteiger partial charge in [0, 0.05) is 24.0 Å². The molecule has 1 atom stereocenters. The van der Waals surface area contributed by atoms with Gasteiger partial charge in [0.05, 0.1) is 0 Å². The molecule has 2 N–H and O–H groups in total. The summed E-state index contributed by atoms with van der Waals surface area (Å²) in [5.41, 5.74) is 4.17. The maximum atomic E-state index is 13.0. The smallest absolute Gasteiger partial charge is 0.220 e. The molecule has 0 heterocycles. The summed E-state index contributed by atoms with van der Waals surface area (Å²) in [6.07, 6.45) is 4.57. The number of hydrogen-bond acceptors (Lipinski definition) is 3. The number of ketones is 1. The van der Waals surface area contributed by atoms with Crippen LogP contribution in [0, 0.1) is 5.41 Å². The molecule has 0 bridgehead atoms. The Hall–Kier alpha value is -2.46. The van der Waals surface area contributed by atoms with Crippen molar-refractivity contribution in [3.8, 4) is 0 Å². The molecule has 1 spiro atoms. The number of aliphatic hydroxyl groups is 1. The predicted octanol–water partition coefficient (Wildman–Crippen LogP) is 3.77. The average Bonchev–Trinajstić information content (AvgIpc) is 3.43. The van der Waals surface area contributed by atoms with Crippen LogP contribution < -0.4 is 5.32 Å². The Morgan fingerprint density at radius 2 is 1.86 bits per heavy atom. The lowest BCUT2D eigenvalue weighted by Gasteiger charge is -2.39. The van der Waals surface area contributed by atoms with E-state index in [0.717, 1.165) is 40.7 Å². The van der Waals surface area contributed by atoms with Gasteiger partial charge in [0.1, 0.15) is 5.60 Å². The minimum absolute atomic E-state index is 0.00567. The van der Waals surface area contributed by atoms with Gasteiger partial charge in [0.15, 0.2) is 5.78 Å². The Labute approximate surface area is 166 Å². The number of Topliss-reactive ketones (excluding diaryl/α,β-unsaturated/α-hetero) is 1. The highest BCUT2D eigenvalue weighted by atomic mass is 16.3. The van der Waals surface area contributed by atoms with E-state index in [2.05, 4.69) is 5.32 Å². The van der Waals surface area contributed by atoms with E-state index in [4.69, 9.17) is 0 Å². The molecule has 146 valence electrons. The third-order valence-corrected chi connectivity index (χ3v) is 6.80. The fraction of sp³-hybridized carbons (Fsp3) is 0.417. The van der Waals surface area contributed by atoms with Crippen LogP contribution in [0.15, 0.2) is 64.3 Å². The monoisotopic (exact) mass is 377 g/mol. The highest BCUT2D eigenvalue weighted by Gasteiger charge is 2.64. The van der Waals surface area contributed by atoms with Crippen LogP contribution >= 0.6 is 0 Å². The van der Waals surface area contributed by atoms with E-state index in [-0.39, 0.29) is 11.7 Å². The summed E-state index contributed by atoms with van der Waals surface area (Å²) in [5.74, 6) is -0.167. The molecule has 1 aromatic rings. The summed E-state index contributed by atoms with van der Waals surface area (Å²) in [6.45, 7) is 6.22. The maximum Gasteiger partial charge on any atom is 0.220 e. The van der Waals surface area contributed by atoms with Crippen molar-refractivity contribution in [1.29, 1.82) is 0 Å². The van der Waals surface area contributed by atoms with Crippen LogP contribution in [-0.4, -0.2) is 22.4 Å². The second-order valence-electron chi connectivity index (χ2n) is 8.47. The number of nitrogens with one attached hydrogen (secondary N) is 1. The van der Waals surface area contributed by atoms with Crippen LogP contribution in [0.2, 0.25) is 0 Å². The number of benzene rings is 1. The first-order valence-corrected chi connectivity index (χ1v) is 9.99. The second kappa shape index (κ2) is 6.56. The third kappa shape index (κ3) is 2.78. The second-order valence-corrected chi connectivity index (χ2v) is 8.47. The van der Waals surface area contributed by atoms with Crippen LogP contribution in [-0.2, 0) is 16.1 Å². The van der Waals surface area contributed by atoms with E-state index in [1.165, 1.54) is 0 Å². The van der Waals surface area contributed by atoms with Crippen molar-refractivity contribution in [3.05, 3.63) is 69.8 Å². The van der Waals surface area contributed by atoms with Crippen molar-refractivity contribution >= 4 is 11.7 Å². The van der Waals surface area contributed by atoms with E-state index in [1.807, 2.05) is 50.3 Å². The van der Waals surface area contributed by atoms with Gasteiger partial charge in [-0.2, -0.15) is 0 Å². The molecule has 28 heavy (non-hydrogen) atoms. The average molecular weight is 377 g/mol. The molecule has 0 aliphatic heterocycles. The number of hydrogen-bond donors (Lipinski definition) is 2. The first kappa shape index (κ1) is 18.9. The Bertz CT molecular complexity index is 943. The quantitative estimate of drug-likeness (QED) is 0.821. The molecule has 0 aromatic heterocycles. The lowest BCUT2D eigenvalue weighted by Crippen LogP contribution is -2.49. The third-order valence-electron chi connectivity index (χ3n) is 6.80. The minimum atomic E-state index is -1.32. The van der Waals surface area contributed by atoms with Gasteiger partial charge < -0.3 is 10.4 Å². The summed E-state index contributed by atoms with van der Waals surface area (Å²) in [5, 5.41) is 13.9. The Balaban J connectivity index is 1.48. The van der Waals surface area contributed by atoms with Gasteiger partial charge in [0.2, 0.25) is 5.91 Å². The largest absolute Gasteiger partial charge is 0.381 e. The molecule has 0 saturated heterocycles. The molecule has 1 aromatic carbocycles. The lowest BCUT2D eigenvalue weighted by atomic mass is 9.67. The van der Waals surface area contributed by atoms with Crippen molar-refractivity contribution < 1.29 is 14.7 Å². The van der Waals surface area contributed by atoms with Gasteiger partial charge >= 0.3 is 0 Å². The molecule has 4 nitrogen and oxygen atoms in total. The fourth-order valence-corrected chi connectivity index (χ4v) is 4.86. The van der Waals surface area contributed by atoms with Gasteiger partial charge in [-0.25, -0.2) is 0 Å². The van der Waals surface area contributed by atoms with Crippen LogP contribution in [0.5, 0.6) is 0 Å². The summed E-state index contributed by atoms with van der Waals surface area (Å²) in [7, 11) is 0. The molecule has 1 saturated carbocycles. The molecule has 4 rings (SSSR count). The van der Waals surface area contributed by atoms with Crippen molar-refractivity contribution in [2.24, 2.45) is 5.41 Å². The minimum Gasteiger partial charge on any atom is -0.381 e. The zero-order valence-electron chi connectivity index (χ0n) is 16.8. The number of amides is 1. The molecule has 3 aliphatic carbocycles. The normalized spacial score (nSPS) is 25.1. The standard InChI is InChI=1S/C24H27NO3/c1-15-13-19-21(16(2)24(11-12-24)23(3,28)22(19)27)18(15)9-10-20(26)25-14-17-7-5-4-6-8-17/h4-8,13,28H,9-12,14H2,1-3H3,(H,25,26)/t23-/m0/s1. The number of rotatable bonds is 5. The van der Waals surface area contributed by atoms with Crippen LogP contribution in [0.25, 0.3) is 0 Å². The topological polar surface area (TPSA) is 66.4 Å². The lowest BCUT2D eigenvalue weighted by molar-refractivity contribution is -0.137. The molecule has 3 aliphatic rings. The maximum absolute atomic E-state index is 13.0. The molecular weight excluding hydrogens is 350 g/mol. The van der Waals surface area contributed by atoms with Crippen molar-refractivity contribution in [2.45, 2.75) is 58.6 Å². The Morgan fingerprint density at radius 3 is 2.50 bits per heavy atom. The van der Waals surface area contributed by atoms with Gasteiger partial charge in [-0.1, -0.05) is 35.9 Å².